The predicted octanol–water partition coefficient (Wildman–Crippen LogP) is 1.51. The van der Waals surface area contributed by atoms with Gasteiger partial charge in [0.05, 0.1) is 18.6 Å². The molecule has 0 aromatic heterocycles. The second-order valence-corrected chi connectivity index (χ2v) is 7.70. The van der Waals surface area contributed by atoms with Gasteiger partial charge in [0.25, 0.3) is 5.91 Å². The predicted molar refractivity (Wildman–Crippen MR) is 90.1 cm³/mol. The zero-order valence-corrected chi connectivity index (χ0v) is 15.3. The highest BCUT2D eigenvalue weighted by molar-refractivity contribution is 7.89. The summed E-state index contributed by atoms with van der Waals surface area (Å²) in [6.45, 7) is 4.92. The normalized spacial score (nSPS) is 14.5. The first-order chi connectivity index (χ1) is 11.2. The molecule has 0 atom stereocenters. The molecule has 1 aromatic rings. The second-order valence-electron chi connectivity index (χ2n) is 6.00. The number of amides is 1. The Morgan fingerprint density at radius 3 is 2.54 bits per heavy atom. The first-order valence-electron chi connectivity index (χ1n) is 7.92. The molecule has 0 aliphatic heterocycles. The minimum Gasteiger partial charge on any atom is -0.496 e. The maximum absolute atomic E-state index is 12.7. The van der Waals surface area contributed by atoms with Crippen molar-refractivity contribution in [2.24, 2.45) is 0 Å². The van der Waals surface area contributed by atoms with Gasteiger partial charge in [0.1, 0.15) is 5.75 Å². The minimum absolute atomic E-state index is 0.200. The van der Waals surface area contributed by atoms with Crippen LogP contribution in [0.5, 0.6) is 5.75 Å². The van der Waals surface area contributed by atoms with Crippen LogP contribution in [0.4, 0.5) is 0 Å². The van der Waals surface area contributed by atoms with Gasteiger partial charge < -0.3 is 4.74 Å². The standard InChI is InChI=1S/C16H24N3O4S/c1-5-19(17)14(20)9-18-24(21,22)16-10(2)8-13(23-4)15(11(16)3)12-6-7-12/h8,12,17-18H,5-7,9H2,1-4H3. The molecule has 1 aliphatic carbocycles. The van der Waals surface area contributed by atoms with Gasteiger partial charge in [-0.1, -0.05) is 0 Å². The van der Waals surface area contributed by atoms with Crippen molar-refractivity contribution in [1.29, 1.82) is 0 Å². The van der Waals surface area contributed by atoms with E-state index < -0.39 is 22.5 Å². The van der Waals surface area contributed by atoms with Gasteiger partial charge in [-0.2, -0.15) is 0 Å². The summed E-state index contributed by atoms with van der Waals surface area (Å²) in [4.78, 5) is 11.9. The minimum atomic E-state index is -3.85. The molecule has 0 spiro atoms. The molecule has 2 N–H and O–H groups in total. The quantitative estimate of drug-likeness (QED) is 0.750. The Morgan fingerprint density at radius 2 is 2.04 bits per heavy atom. The van der Waals surface area contributed by atoms with E-state index in [-0.39, 0.29) is 11.4 Å². The first kappa shape index (κ1) is 18.7. The zero-order valence-electron chi connectivity index (χ0n) is 14.5. The SMILES string of the molecule is CCN([NH])C(=O)CNS(=O)(=O)c1c(C)cc(OC)c(C2CC2)c1C. The molecular weight excluding hydrogens is 330 g/mol. The fourth-order valence-corrected chi connectivity index (χ4v) is 4.36. The molecule has 0 unspecified atom stereocenters. The Bertz CT molecular complexity index is 742. The van der Waals surface area contributed by atoms with Crippen LogP contribution in [0.2, 0.25) is 0 Å². The fourth-order valence-electron chi connectivity index (χ4n) is 2.91. The van der Waals surface area contributed by atoms with Crippen molar-refractivity contribution in [3.8, 4) is 5.75 Å². The van der Waals surface area contributed by atoms with Crippen molar-refractivity contribution in [2.45, 2.75) is 44.4 Å². The largest absolute Gasteiger partial charge is 0.496 e. The van der Waals surface area contributed by atoms with E-state index in [1.54, 1.807) is 33.9 Å². The Balaban J connectivity index is 2.36. The van der Waals surface area contributed by atoms with Gasteiger partial charge in [-0.3, -0.25) is 9.80 Å². The van der Waals surface area contributed by atoms with Crippen LogP contribution < -0.4 is 15.3 Å². The molecule has 1 aliphatic rings. The summed E-state index contributed by atoms with van der Waals surface area (Å²) in [5.74, 6) is 7.86. The average molecular weight is 354 g/mol. The van der Waals surface area contributed by atoms with Crippen LogP contribution in [-0.4, -0.2) is 39.5 Å². The van der Waals surface area contributed by atoms with Crippen LogP contribution in [-0.2, 0) is 14.8 Å². The van der Waals surface area contributed by atoms with E-state index in [4.69, 9.17) is 10.6 Å². The topological polar surface area (TPSA) is 99.5 Å². The number of nitrogens with one attached hydrogen (secondary N) is 2. The van der Waals surface area contributed by atoms with Gasteiger partial charge in [0.2, 0.25) is 10.0 Å². The smallest absolute Gasteiger partial charge is 0.252 e. The molecule has 0 saturated heterocycles. The Morgan fingerprint density at radius 1 is 1.42 bits per heavy atom. The van der Waals surface area contributed by atoms with E-state index in [9.17, 15) is 13.2 Å². The van der Waals surface area contributed by atoms with Gasteiger partial charge in [-0.05, 0) is 56.7 Å². The van der Waals surface area contributed by atoms with Crippen molar-refractivity contribution in [2.75, 3.05) is 20.2 Å². The Kier molecular flexibility index (Phi) is 5.52. The fraction of sp³-hybridized carbons (Fsp3) is 0.562. The summed E-state index contributed by atoms with van der Waals surface area (Å²) in [5.41, 5.74) is 2.19. The number of hydrogen-bond acceptors (Lipinski definition) is 4. The van der Waals surface area contributed by atoms with E-state index in [0.29, 0.717) is 22.8 Å². The van der Waals surface area contributed by atoms with E-state index >= 15 is 0 Å². The summed E-state index contributed by atoms with van der Waals surface area (Å²) in [7, 11) is -2.27. The van der Waals surface area contributed by atoms with Gasteiger partial charge in [0, 0.05) is 12.1 Å². The number of carbonyl (C=O) groups is 1. The lowest BCUT2D eigenvalue weighted by Crippen LogP contribution is -2.39. The molecule has 7 nitrogen and oxygen atoms in total. The molecule has 0 heterocycles. The van der Waals surface area contributed by atoms with Crippen molar-refractivity contribution in [3.05, 3.63) is 22.8 Å². The Labute approximate surface area is 143 Å². The molecule has 0 bridgehead atoms. The molecule has 1 saturated carbocycles. The van der Waals surface area contributed by atoms with Crippen molar-refractivity contribution in [1.82, 2.24) is 15.6 Å². The number of sulfonamides is 1. The van der Waals surface area contributed by atoms with Crippen molar-refractivity contribution in [3.63, 3.8) is 0 Å². The molecule has 1 aromatic carbocycles. The summed E-state index contributed by atoms with van der Waals surface area (Å²) in [5, 5.41) is 0.728. The average Bonchev–Trinajstić information content (AvgIpc) is 3.35. The van der Waals surface area contributed by atoms with E-state index in [2.05, 4.69) is 4.72 Å². The molecule has 8 heteroatoms. The Hall–Kier alpha value is -1.64. The third-order valence-corrected chi connectivity index (χ3v) is 5.91. The van der Waals surface area contributed by atoms with Crippen LogP contribution >= 0.6 is 0 Å². The lowest BCUT2D eigenvalue weighted by Gasteiger charge is -2.19. The maximum Gasteiger partial charge on any atom is 0.252 e. The highest BCUT2D eigenvalue weighted by Crippen LogP contribution is 2.47. The maximum atomic E-state index is 12.7. The zero-order chi connectivity index (χ0) is 18.1. The van der Waals surface area contributed by atoms with Crippen LogP contribution in [0.25, 0.3) is 0 Å². The number of rotatable bonds is 7. The van der Waals surface area contributed by atoms with Crippen molar-refractivity contribution < 1.29 is 17.9 Å². The summed E-state index contributed by atoms with van der Waals surface area (Å²) < 4.78 is 33.1. The summed E-state index contributed by atoms with van der Waals surface area (Å²) in [6.07, 6.45) is 2.05. The lowest BCUT2D eigenvalue weighted by atomic mass is 10.0. The molecular formula is C16H24N3O4S. The summed E-state index contributed by atoms with van der Waals surface area (Å²) >= 11 is 0. The highest BCUT2D eigenvalue weighted by atomic mass is 32.2. The van der Waals surface area contributed by atoms with Gasteiger partial charge in [-0.15, -0.1) is 5.84 Å². The number of hydrogen-bond donors (Lipinski definition) is 1. The van der Waals surface area contributed by atoms with Crippen LogP contribution in [0.15, 0.2) is 11.0 Å². The van der Waals surface area contributed by atoms with Gasteiger partial charge in [-0.25, -0.2) is 13.1 Å². The van der Waals surface area contributed by atoms with Gasteiger partial charge >= 0.3 is 0 Å². The molecule has 1 radical (unpaired) electrons. The number of likely N-dealkylation sites (N-methyl/N-ethyl adjacent to an activating group) is 1. The molecule has 24 heavy (non-hydrogen) atoms. The van der Waals surface area contributed by atoms with Crippen LogP contribution in [0, 0.1) is 13.8 Å². The number of nitrogens with zero attached hydrogens (tertiary/aromatic N) is 1. The molecule has 1 fully saturated rings. The third-order valence-electron chi connectivity index (χ3n) is 4.22. The number of methoxy groups -OCH3 is 1. The number of carbonyl (C=O) groups excluding carboxylic acids is 1. The van der Waals surface area contributed by atoms with Gasteiger partial charge in [0.15, 0.2) is 0 Å². The number of benzene rings is 1. The number of ether oxygens (including phenoxy) is 1. The molecule has 2 rings (SSSR count). The van der Waals surface area contributed by atoms with Crippen LogP contribution in [0.3, 0.4) is 0 Å². The molecule has 1 amide bonds. The second kappa shape index (κ2) is 7.08. The van der Waals surface area contributed by atoms with E-state index in [0.717, 1.165) is 23.4 Å². The first-order valence-corrected chi connectivity index (χ1v) is 9.40. The van der Waals surface area contributed by atoms with E-state index in [1.807, 2.05) is 0 Å². The molecule has 133 valence electrons. The van der Waals surface area contributed by atoms with E-state index in [1.165, 1.54) is 0 Å². The lowest BCUT2D eigenvalue weighted by molar-refractivity contribution is -0.130. The monoisotopic (exact) mass is 354 g/mol. The summed E-state index contributed by atoms with van der Waals surface area (Å²) in [6, 6.07) is 1.74. The number of aryl methyl sites for hydroxylation is 1. The van der Waals surface area contributed by atoms with Crippen LogP contribution in [0.1, 0.15) is 42.4 Å². The van der Waals surface area contributed by atoms with Crippen molar-refractivity contribution >= 4 is 15.9 Å². The highest BCUT2D eigenvalue weighted by Gasteiger charge is 2.33. The third kappa shape index (κ3) is 3.71.